The zero-order valence-electron chi connectivity index (χ0n) is 14.0. The quantitative estimate of drug-likeness (QED) is 0.796. The van der Waals surface area contributed by atoms with Gasteiger partial charge in [-0.1, -0.05) is 29.4 Å². The summed E-state index contributed by atoms with van der Waals surface area (Å²) in [7, 11) is 0. The van der Waals surface area contributed by atoms with Gasteiger partial charge in [-0.3, -0.25) is 4.90 Å². The van der Waals surface area contributed by atoms with Crippen LogP contribution in [0.2, 0.25) is 0 Å². The van der Waals surface area contributed by atoms with Crippen LogP contribution < -0.4 is 5.32 Å². The zero-order valence-corrected chi connectivity index (χ0v) is 14.0. The van der Waals surface area contributed by atoms with Gasteiger partial charge in [0, 0.05) is 25.7 Å². The van der Waals surface area contributed by atoms with Crippen LogP contribution in [0.4, 0.5) is 5.82 Å². The SMILES string of the molecule is Cc1noc2ncnc(NC[C@@H](C)N3CCc4ccccc4C3)c12. The molecule has 1 aromatic carbocycles. The highest BCUT2D eigenvalue weighted by Gasteiger charge is 2.21. The molecule has 0 bridgehead atoms. The Hall–Kier alpha value is -2.47. The molecule has 0 saturated heterocycles. The number of nitrogens with zero attached hydrogens (tertiary/aromatic N) is 4. The van der Waals surface area contributed by atoms with Crippen LogP contribution in [-0.2, 0) is 13.0 Å². The van der Waals surface area contributed by atoms with Crippen molar-refractivity contribution < 1.29 is 4.52 Å². The van der Waals surface area contributed by atoms with Crippen LogP contribution in [0.3, 0.4) is 0 Å². The third-order valence-corrected chi connectivity index (χ3v) is 4.79. The van der Waals surface area contributed by atoms with Crippen LogP contribution in [-0.4, -0.2) is 39.2 Å². The third-order valence-electron chi connectivity index (χ3n) is 4.79. The van der Waals surface area contributed by atoms with Crippen molar-refractivity contribution in [3.63, 3.8) is 0 Å². The lowest BCUT2D eigenvalue weighted by Crippen LogP contribution is -2.41. The van der Waals surface area contributed by atoms with Gasteiger partial charge in [0.15, 0.2) is 0 Å². The van der Waals surface area contributed by atoms with Gasteiger partial charge < -0.3 is 9.84 Å². The van der Waals surface area contributed by atoms with Gasteiger partial charge in [0.2, 0.25) is 0 Å². The Morgan fingerprint density at radius 2 is 2.08 bits per heavy atom. The third kappa shape index (κ3) is 2.73. The zero-order chi connectivity index (χ0) is 16.5. The highest BCUT2D eigenvalue weighted by molar-refractivity contribution is 5.87. The minimum Gasteiger partial charge on any atom is -0.368 e. The van der Waals surface area contributed by atoms with Crippen LogP contribution in [0, 0.1) is 6.92 Å². The Labute approximate surface area is 140 Å². The van der Waals surface area contributed by atoms with E-state index in [1.54, 1.807) is 0 Å². The molecular formula is C18H21N5O. The highest BCUT2D eigenvalue weighted by Crippen LogP contribution is 2.23. The van der Waals surface area contributed by atoms with Crippen LogP contribution in [0.25, 0.3) is 11.1 Å². The summed E-state index contributed by atoms with van der Waals surface area (Å²) >= 11 is 0. The van der Waals surface area contributed by atoms with Crippen LogP contribution in [0.15, 0.2) is 35.1 Å². The molecule has 4 rings (SSSR count). The molecule has 124 valence electrons. The fraction of sp³-hybridized carbons (Fsp3) is 0.389. The minimum absolute atomic E-state index is 0.406. The van der Waals surface area contributed by atoms with E-state index in [0.29, 0.717) is 11.8 Å². The molecule has 24 heavy (non-hydrogen) atoms. The second-order valence-electron chi connectivity index (χ2n) is 6.39. The molecule has 3 aromatic rings. The van der Waals surface area contributed by atoms with E-state index in [1.165, 1.54) is 17.5 Å². The number of anilines is 1. The van der Waals surface area contributed by atoms with Crippen molar-refractivity contribution in [2.45, 2.75) is 32.9 Å². The van der Waals surface area contributed by atoms with Crippen LogP contribution >= 0.6 is 0 Å². The second kappa shape index (κ2) is 6.20. The number of aromatic nitrogens is 3. The van der Waals surface area contributed by atoms with E-state index >= 15 is 0 Å². The van der Waals surface area contributed by atoms with Crippen molar-refractivity contribution >= 4 is 16.9 Å². The fourth-order valence-corrected chi connectivity index (χ4v) is 3.32. The number of hydrogen-bond acceptors (Lipinski definition) is 6. The van der Waals surface area contributed by atoms with Gasteiger partial charge in [0.05, 0.1) is 5.69 Å². The summed E-state index contributed by atoms with van der Waals surface area (Å²) in [5.74, 6) is 0.794. The Morgan fingerprint density at radius 1 is 1.25 bits per heavy atom. The van der Waals surface area contributed by atoms with Crippen molar-refractivity contribution in [3.8, 4) is 0 Å². The first kappa shape index (κ1) is 15.1. The van der Waals surface area contributed by atoms with Crippen molar-refractivity contribution in [1.82, 2.24) is 20.0 Å². The summed E-state index contributed by atoms with van der Waals surface area (Å²) in [6, 6.07) is 9.12. The largest absolute Gasteiger partial charge is 0.368 e. The van der Waals surface area contributed by atoms with Gasteiger partial charge in [-0.25, -0.2) is 4.98 Å². The maximum atomic E-state index is 5.20. The van der Waals surface area contributed by atoms with Crippen molar-refractivity contribution in [1.29, 1.82) is 0 Å². The lowest BCUT2D eigenvalue weighted by atomic mass is 9.99. The predicted octanol–water partition coefficient (Wildman–Crippen LogP) is 2.78. The molecule has 6 nitrogen and oxygen atoms in total. The highest BCUT2D eigenvalue weighted by atomic mass is 16.5. The minimum atomic E-state index is 0.406. The number of fused-ring (bicyclic) bond motifs is 2. The summed E-state index contributed by atoms with van der Waals surface area (Å²) in [5, 5.41) is 8.28. The van der Waals surface area contributed by atoms with Crippen molar-refractivity contribution in [2.24, 2.45) is 0 Å². The summed E-state index contributed by atoms with van der Waals surface area (Å²) < 4.78 is 5.20. The molecule has 2 aromatic heterocycles. The van der Waals surface area contributed by atoms with Gasteiger partial charge in [0.25, 0.3) is 5.71 Å². The monoisotopic (exact) mass is 323 g/mol. The standard InChI is InChI=1S/C18H21N5O/c1-12(23-8-7-14-5-3-4-6-15(14)10-23)9-19-17-16-13(2)22-24-18(16)21-11-20-17/h3-6,11-12H,7-10H2,1-2H3,(H,19,20,21)/t12-/m1/s1. The van der Waals surface area contributed by atoms with Gasteiger partial charge in [-0.05, 0) is 31.4 Å². The summed E-state index contributed by atoms with van der Waals surface area (Å²) in [6.45, 7) is 7.07. The molecule has 1 N–H and O–H groups in total. The average Bonchev–Trinajstić information content (AvgIpc) is 3.01. The molecule has 0 fully saturated rings. The summed E-state index contributed by atoms with van der Waals surface area (Å²) in [6.07, 6.45) is 2.63. The number of nitrogens with one attached hydrogen (secondary N) is 1. The van der Waals surface area contributed by atoms with Crippen LogP contribution in [0.5, 0.6) is 0 Å². The van der Waals surface area contributed by atoms with Crippen molar-refractivity contribution in [2.75, 3.05) is 18.4 Å². The van der Waals surface area contributed by atoms with Crippen LogP contribution in [0.1, 0.15) is 23.7 Å². The summed E-state index contributed by atoms with van der Waals surface area (Å²) in [5.41, 5.74) is 4.26. The average molecular weight is 323 g/mol. The smallest absolute Gasteiger partial charge is 0.263 e. The van der Waals surface area contributed by atoms with E-state index in [1.807, 2.05) is 6.92 Å². The van der Waals surface area contributed by atoms with Gasteiger partial charge in [-0.2, -0.15) is 4.98 Å². The molecule has 3 heterocycles. The topological polar surface area (TPSA) is 67.1 Å². The van der Waals surface area contributed by atoms with Crippen molar-refractivity contribution in [3.05, 3.63) is 47.4 Å². The Balaban J connectivity index is 1.45. The normalized spacial score (nSPS) is 16.1. The summed E-state index contributed by atoms with van der Waals surface area (Å²) in [4.78, 5) is 11.0. The maximum Gasteiger partial charge on any atom is 0.263 e. The second-order valence-corrected chi connectivity index (χ2v) is 6.39. The predicted molar refractivity (Wildman–Crippen MR) is 92.8 cm³/mol. The maximum absolute atomic E-state index is 5.20. The first-order valence-corrected chi connectivity index (χ1v) is 8.34. The molecular weight excluding hydrogens is 302 g/mol. The molecule has 0 amide bonds. The molecule has 0 spiro atoms. The first-order chi connectivity index (χ1) is 11.7. The van der Waals surface area contributed by atoms with E-state index in [4.69, 9.17) is 4.52 Å². The van der Waals surface area contributed by atoms with E-state index in [-0.39, 0.29) is 0 Å². The number of hydrogen-bond donors (Lipinski definition) is 1. The van der Waals surface area contributed by atoms with E-state index in [0.717, 1.165) is 43.0 Å². The lowest BCUT2D eigenvalue weighted by molar-refractivity contribution is 0.198. The lowest BCUT2D eigenvalue weighted by Gasteiger charge is -2.33. The molecule has 0 saturated carbocycles. The molecule has 0 radical (unpaired) electrons. The van der Waals surface area contributed by atoms with Gasteiger partial charge in [-0.15, -0.1) is 0 Å². The van der Waals surface area contributed by atoms with E-state index < -0.39 is 0 Å². The Morgan fingerprint density at radius 3 is 2.96 bits per heavy atom. The van der Waals surface area contributed by atoms with E-state index in [2.05, 4.69) is 56.5 Å². The Kier molecular flexibility index (Phi) is 3.90. The van der Waals surface area contributed by atoms with Gasteiger partial charge >= 0.3 is 0 Å². The number of rotatable bonds is 4. The molecule has 0 unspecified atom stereocenters. The molecule has 1 atom stereocenters. The first-order valence-electron chi connectivity index (χ1n) is 8.34. The Bertz CT molecular complexity index is 859. The number of benzene rings is 1. The fourth-order valence-electron chi connectivity index (χ4n) is 3.32. The molecule has 0 aliphatic carbocycles. The van der Waals surface area contributed by atoms with E-state index in [9.17, 15) is 0 Å². The molecule has 1 aliphatic heterocycles. The number of aryl methyl sites for hydroxylation is 1. The molecule has 1 aliphatic rings. The molecule has 6 heteroatoms. The van der Waals surface area contributed by atoms with Gasteiger partial charge in [0.1, 0.15) is 17.5 Å².